The molecule has 0 aromatic heterocycles. The van der Waals surface area contributed by atoms with E-state index < -0.39 is 0 Å². The molecule has 3 N–H and O–H groups in total. The van der Waals surface area contributed by atoms with E-state index in [1.54, 1.807) is 0 Å². The molecule has 0 bridgehead atoms. The van der Waals surface area contributed by atoms with Gasteiger partial charge in [0.05, 0.1) is 27.7 Å². The molecule has 0 aliphatic rings. The van der Waals surface area contributed by atoms with Gasteiger partial charge in [-0.25, -0.2) is 0 Å². The first-order valence-corrected chi connectivity index (χ1v) is 2.99. The highest BCUT2D eigenvalue weighted by Gasteiger charge is 2.02. The van der Waals surface area contributed by atoms with Crippen LogP contribution >= 0.6 is 0 Å². The van der Waals surface area contributed by atoms with E-state index in [-0.39, 0.29) is 6.61 Å². The molecule has 0 unspecified atom stereocenters. The quantitative estimate of drug-likeness (QED) is 0.302. The molecular formula is C6H16N3O+. The van der Waals surface area contributed by atoms with Crippen molar-refractivity contribution in [2.24, 2.45) is 5.73 Å². The van der Waals surface area contributed by atoms with Crippen molar-refractivity contribution in [2.45, 2.75) is 0 Å². The third-order valence-corrected chi connectivity index (χ3v) is 0.771. The van der Waals surface area contributed by atoms with Crippen LogP contribution in [-0.2, 0) is 0 Å². The molecule has 60 valence electrons. The number of likely N-dealkylation sites (N-methyl/N-ethyl adjacent to an activating group) is 1. The average molecular weight is 146 g/mol. The van der Waals surface area contributed by atoms with Crippen LogP contribution in [0.25, 0.3) is 0 Å². The first kappa shape index (κ1) is 11.9. The number of nitrogens with two attached hydrogens (primary N) is 1. The monoisotopic (exact) mass is 146 g/mol. The maximum atomic E-state index is 8.39. The summed E-state index contributed by atoms with van der Waals surface area (Å²) in [5, 5.41) is 15.5. The molecule has 0 spiro atoms. The molecule has 0 radical (unpaired) electrons. The number of hydrogen-bond acceptors (Lipinski definition) is 3. The van der Waals surface area contributed by atoms with Gasteiger partial charge in [-0.2, -0.15) is 5.26 Å². The highest BCUT2D eigenvalue weighted by Crippen LogP contribution is 1.84. The zero-order valence-corrected chi connectivity index (χ0v) is 6.83. The predicted octanol–water partition coefficient (Wildman–Crippen LogP) is -0.889. The van der Waals surface area contributed by atoms with E-state index in [4.69, 9.17) is 10.4 Å². The Labute approximate surface area is 62.1 Å². The molecule has 0 aromatic rings. The lowest BCUT2D eigenvalue weighted by atomic mass is 10.5. The predicted molar refractivity (Wildman–Crippen MR) is 39.8 cm³/mol. The summed E-state index contributed by atoms with van der Waals surface area (Å²) in [4.78, 5) is 0. The molecule has 0 heterocycles. The Balaban J connectivity index is 0. The summed E-state index contributed by atoms with van der Waals surface area (Å²) in [6.07, 6.45) is 1.25. The minimum atomic E-state index is 0.281. The summed E-state index contributed by atoms with van der Waals surface area (Å²) in [6, 6.07) is 0. The average Bonchev–Trinajstić information content (AvgIpc) is 1.63. The van der Waals surface area contributed by atoms with Crippen LogP contribution in [0, 0.1) is 11.5 Å². The van der Waals surface area contributed by atoms with Gasteiger partial charge in [0.1, 0.15) is 6.54 Å². The van der Waals surface area contributed by atoms with E-state index in [9.17, 15) is 0 Å². The summed E-state index contributed by atoms with van der Waals surface area (Å²) in [7, 11) is 6.16. The standard InChI is InChI=1S/C5H14NO.CH2N2/c1-6(2,3)4-5-7;2-1-3/h7H,4-5H2,1-3H3;2H2/q+1;. The number of rotatable bonds is 2. The number of nitrogens with zero attached hydrogens (tertiary/aromatic N) is 2. The molecule has 0 atom stereocenters. The number of hydrogen-bond donors (Lipinski definition) is 2. The van der Waals surface area contributed by atoms with Crippen molar-refractivity contribution in [3.8, 4) is 6.19 Å². The van der Waals surface area contributed by atoms with Crippen LogP contribution in [0.2, 0.25) is 0 Å². The molecule has 0 aliphatic heterocycles. The summed E-state index contributed by atoms with van der Waals surface area (Å²) < 4.78 is 0.844. The largest absolute Gasteiger partial charge is 0.391 e. The Hall–Kier alpha value is -0.790. The first-order chi connectivity index (χ1) is 4.47. The zero-order valence-electron chi connectivity index (χ0n) is 6.83. The molecule has 0 aromatic carbocycles. The minimum absolute atomic E-state index is 0.281. The van der Waals surface area contributed by atoms with Crippen LogP contribution < -0.4 is 5.73 Å². The van der Waals surface area contributed by atoms with Gasteiger partial charge in [-0.1, -0.05) is 0 Å². The van der Waals surface area contributed by atoms with Crippen molar-refractivity contribution in [3.63, 3.8) is 0 Å². The van der Waals surface area contributed by atoms with Crippen molar-refractivity contribution in [2.75, 3.05) is 34.3 Å². The number of aliphatic hydroxyl groups excluding tert-OH is 1. The van der Waals surface area contributed by atoms with E-state index in [1.807, 2.05) is 0 Å². The smallest absolute Gasteiger partial charge is 0.173 e. The van der Waals surface area contributed by atoms with Crippen LogP contribution in [0.5, 0.6) is 0 Å². The Kier molecular flexibility index (Phi) is 7.56. The lowest BCUT2D eigenvalue weighted by Gasteiger charge is -2.21. The van der Waals surface area contributed by atoms with Crippen molar-refractivity contribution >= 4 is 0 Å². The molecule has 0 saturated carbocycles. The van der Waals surface area contributed by atoms with Crippen LogP contribution in [0.15, 0.2) is 0 Å². The van der Waals surface area contributed by atoms with Gasteiger partial charge in [0.15, 0.2) is 6.19 Å². The topological polar surface area (TPSA) is 70.0 Å². The second-order valence-electron chi connectivity index (χ2n) is 2.87. The summed E-state index contributed by atoms with van der Waals surface area (Å²) in [5.74, 6) is 0. The Morgan fingerprint density at radius 1 is 1.50 bits per heavy atom. The summed E-state index contributed by atoms with van der Waals surface area (Å²) >= 11 is 0. The SMILES string of the molecule is C[N+](C)(C)CCO.N#CN. The van der Waals surface area contributed by atoms with E-state index in [1.165, 1.54) is 6.19 Å². The van der Waals surface area contributed by atoms with Crippen LogP contribution in [-0.4, -0.2) is 43.9 Å². The third kappa shape index (κ3) is 27.0. The highest BCUT2D eigenvalue weighted by atomic mass is 16.3. The molecular weight excluding hydrogens is 130 g/mol. The molecule has 0 amide bonds. The number of nitriles is 1. The van der Waals surface area contributed by atoms with E-state index in [0.29, 0.717) is 0 Å². The highest BCUT2D eigenvalue weighted by molar-refractivity contribution is 4.46. The van der Waals surface area contributed by atoms with E-state index in [0.717, 1.165) is 11.0 Å². The maximum Gasteiger partial charge on any atom is 0.173 e. The minimum Gasteiger partial charge on any atom is -0.391 e. The third-order valence-electron chi connectivity index (χ3n) is 0.771. The molecule has 4 nitrogen and oxygen atoms in total. The van der Waals surface area contributed by atoms with Gasteiger partial charge < -0.3 is 15.3 Å². The summed E-state index contributed by atoms with van der Waals surface area (Å²) in [5.41, 5.74) is 4.15. The van der Waals surface area contributed by atoms with Gasteiger partial charge in [-0.15, -0.1) is 0 Å². The van der Waals surface area contributed by atoms with Crippen molar-refractivity contribution in [1.82, 2.24) is 0 Å². The molecule has 4 heteroatoms. The van der Waals surface area contributed by atoms with Gasteiger partial charge in [-0.3, -0.25) is 0 Å². The molecule has 0 aliphatic carbocycles. The van der Waals surface area contributed by atoms with Gasteiger partial charge in [-0.05, 0) is 0 Å². The fourth-order valence-electron chi connectivity index (χ4n) is 0.300. The number of quaternary nitrogens is 1. The fourth-order valence-corrected chi connectivity index (χ4v) is 0.300. The molecule has 0 rings (SSSR count). The lowest BCUT2D eigenvalue weighted by molar-refractivity contribution is -0.870. The van der Waals surface area contributed by atoms with Crippen LogP contribution in [0.4, 0.5) is 0 Å². The second kappa shape index (κ2) is 6.33. The Bertz CT molecular complexity index is 101. The van der Waals surface area contributed by atoms with Crippen LogP contribution in [0.3, 0.4) is 0 Å². The molecule has 10 heavy (non-hydrogen) atoms. The molecule has 0 saturated heterocycles. The first-order valence-electron chi connectivity index (χ1n) is 2.99. The lowest BCUT2D eigenvalue weighted by Crippen LogP contribution is -2.36. The maximum absolute atomic E-state index is 8.39. The van der Waals surface area contributed by atoms with Gasteiger partial charge in [0, 0.05) is 0 Å². The normalized spacial score (nSPS) is 9.10. The van der Waals surface area contributed by atoms with E-state index in [2.05, 4.69) is 26.9 Å². The summed E-state index contributed by atoms with van der Waals surface area (Å²) in [6.45, 7) is 1.11. The zero-order chi connectivity index (χ0) is 8.62. The number of aliphatic hydroxyl groups is 1. The van der Waals surface area contributed by atoms with Crippen molar-refractivity contribution in [3.05, 3.63) is 0 Å². The van der Waals surface area contributed by atoms with Gasteiger partial charge >= 0.3 is 0 Å². The fraction of sp³-hybridized carbons (Fsp3) is 0.833. The van der Waals surface area contributed by atoms with Gasteiger partial charge in [0.25, 0.3) is 0 Å². The Morgan fingerprint density at radius 2 is 1.80 bits per heavy atom. The Morgan fingerprint density at radius 3 is 1.80 bits per heavy atom. The van der Waals surface area contributed by atoms with Crippen molar-refractivity contribution < 1.29 is 9.59 Å². The second-order valence-corrected chi connectivity index (χ2v) is 2.87. The van der Waals surface area contributed by atoms with Crippen LogP contribution in [0.1, 0.15) is 0 Å². The van der Waals surface area contributed by atoms with Crippen molar-refractivity contribution in [1.29, 1.82) is 5.26 Å². The molecule has 0 fully saturated rings. The van der Waals surface area contributed by atoms with E-state index >= 15 is 0 Å². The van der Waals surface area contributed by atoms with Gasteiger partial charge in [0.2, 0.25) is 0 Å².